The summed E-state index contributed by atoms with van der Waals surface area (Å²) in [6.07, 6.45) is 0. The second-order valence-electron chi connectivity index (χ2n) is 4.07. The highest BCUT2D eigenvalue weighted by Crippen LogP contribution is 2.23. The number of aryl methyl sites for hydroxylation is 1. The van der Waals surface area contributed by atoms with Crippen molar-refractivity contribution >= 4 is 28.2 Å². The van der Waals surface area contributed by atoms with Gasteiger partial charge in [0.05, 0.1) is 16.3 Å². The Bertz CT molecular complexity index is 717. The van der Waals surface area contributed by atoms with Gasteiger partial charge in [0.1, 0.15) is 17.1 Å². The average Bonchev–Trinajstić information content (AvgIpc) is 3.02. The van der Waals surface area contributed by atoms with Crippen LogP contribution in [0.3, 0.4) is 0 Å². The van der Waals surface area contributed by atoms with E-state index in [1.807, 2.05) is 0 Å². The number of thiophene rings is 1. The van der Waals surface area contributed by atoms with Crippen LogP contribution in [0.15, 0.2) is 22.6 Å². The third-order valence-corrected chi connectivity index (χ3v) is 3.65. The summed E-state index contributed by atoms with van der Waals surface area (Å²) in [5.41, 5.74) is 0.0333. The number of carbonyl (C=O) groups excluding carboxylic acids is 1. The van der Waals surface area contributed by atoms with Gasteiger partial charge in [0, 0.05) is 6.07 Å². The molecule has 0 radical (unpaired) electrons. The van der Waals surface area contributed by atoms with Crippen molar-refractivity contribution in [2.45, 2.75) is 13.5 Å². The number of carbonyl (C=O) groups is 2. The van der Waals surface area contributed by atoms with E-state index in [4.69, 9.17) is 9.52 Å². The largest absolute Gasteiger partial charge is 0.478 e. The van der Waals surface area contributed by atoms with Crippen LogP contribution in [-0.4, -0.2) is 21.9 Å². The normalized spacial score (nSPS) is 10.3. The minimum Gasteiger partial charge on any atom is -0.478 e. The predicted molar refractivity (Wildman–Crippen MR) is 72.5 cm³/mol. The number of carboxylic acids is 1. The molecule has 0 saturated heterocycles. The van der Waals surface area contributed by atoms with Gasteiger partial charge in [0.25, 0.3) is 5.91 Å². The molecule has 2 rings (SSSR count). The van der Waals surface area contributed by atoms with Gasteiger partial charge in [-0.1, -0.05) is 11.3 Å². The zero-order chi connectivity index (χ0) is 15.6. The maximum Gasteiger partial charge on any atom is 0.339 e. The molecular weight excluding hydrogens is 300 g/mol. The second-order valence-corrected chi connectivity index (χ2v) is 5.13. The third kappa shape index (κ3) is 3.26. The van der Waals surface area contributed by atoms with Crippen molar-refractivity contribution in [3.63, 3.8) is 0 Å². The van der Waals surface area contributed by atoms with E-state index < -0.39 is 16.8 Å². The van der Waals surface area contributed by atoms with Crippen molar-refractivity contribution in [1.82, 2.24) is 5.32 Å². The molecule has 0 saturated carbocycles. The molecule has 0 aromatic carbocycles. The molecule has 2 aromatic heterocycles. The van der Waals surface area contributed by atoms with Crippen LogP contribution in [0, 0.1) is 17.0 Å². The molecule has 1 amide bonds. The monoisotopic (exact) mass is 310 g/mol. The van der Waals surface area contributed by atoms with Crippen molar-refractivity contribution < 1.29 is 24.0 Å². The summed E-state index contributed by atoms with van der Waals surface area (Å²) in [5.74, 6) is -1.05. The first kappa shape index (κ1) is 14.7. The molecule has 2 N–H and O–H groups in total. The molecule has 0 spiro atoms. The zero-order valence-electron chi connectivity index (χ0n) is 10.8. The number of nitro groups is 1. The fraction of sp³-hybridized carbons (Fsp3) is 0.167. The van der Waals surface area contributed by atoms with E-state index in [-0.39, 0.29) is 27.7 Å². The first-order chi connectivity index (χ1) is 9.88. The fourth-order valence-electron chi connectivity index (χ4n) is 1.65. The quantitative estimate of drug-likeness (QED) is 0.644. The molecule has 8 nitrogen and oxygen atoms in total. The molecule has 21 heavy (non-hydrogen) atoms. The molecule has 9 heteroatoms. The summed E-state index contributed by atoms with van der Waals surface area (Å²) in [7, 11) is 0. The summed E-state index contributed by atoms with van der Waals surface area (Å²) in [4.78, 5) is 32.8. The number of aromatic carboxylic acids is 1. The van der Waals surface area contributed by atoms with Gasteiger partial charge in [0.15, 0.2) is 0 Å². The van der Waals surface area contributed by atoms with Gasteiger partial charge in [-0.05, 0) is 19.1 Å². The highest BCUT2D eigenvalue weighted by molar-refractivity contribution is 7.17. The van der Waals surface area contributed by atoms with Crippen molar-refractivity contribution in [2.75, 3.05) is 0 Å². The molecule has 2 aromatic rings. The summed E-state index contributed by atoms with van der Waals surface area (Å²) in [5, 5.41) is 21.8. The zero-order valence-corrected chi connectivity index (χ0v) is 11.6. The summed E-state index contributed by atoms with van der Waals surface area (Å²) in [6, 6.07) is 3.93. The second kappa shape index (κ2) is 5.75. The van der Waals surface area contributed by atoms with Gasteiger partial charge >= 0.3 is 11.0 Å². The Morgan fingerprint density at radius 3 is 2.71 bits per heavy atom. The molecule has 0 atom stereocenters. The Labute approximate surface area is 122 Å². The number of rotatable bonds is 5. The lowest BCUT2D eigenvalue weighted by atomic mass is 10.2. The molecule has 0 aliphatic heterocycles. The standard InChI is InChI=1S/C12H10N2O6S/c1-6-8(12(16)17)4-7(20-6)5-13-11(15)9-2-3-10(21-9)14(18)19/h2-4H,5H2,1H3,(H,13,15)(H,16,17). The minimum atomic E-state index is -1.11. The molecule has 2 heterocycles. The predicted octanol–water partition coefficient (Wildman–Crippen LogP) is 2.19. The van der Waals surface area contributed by atoms with Crippen molar-refractivity contribution in [3.8, 4) is 0 Å². The third-order valence-electron chi connectivity index (χ3n) is 2.62. The van der Waals surface area contributed by atoms with E-state index in [1.54, 1.807) is 0 Å². The SMILES string of the molecule is Cc1oc(CNC(=O)c2ccc([N+](=O)[O-])s2)cc1C(=O)O. The maximum atomic E-state index is 11.8. The Kier molecular flexibility index (Phi) is 4.03. The van der Waals surface area contributed by atoms with Gasteiger partial charge in [-0.3, -0.25) is 14.9 Å². The molecule has 0 bridgehead atoms. The van der Waals surface area contributed by atoms with E-state index in [0.29, 0.717) is 5.76 Å². The van der Waals surface area contributed by atoms with Gasteiger partial charge < -0.3 is 14.8 Å². The highest BCUT2D eigenvalue weighted by Gasteiger charge is 2.17. The van der Waals surface area contributed by atoms with Crippen LogP contribution in [0.25, 0.3) is 0 Å². The molecule has 0 aliphatic rings. The molecule has 0 unspecified atom stereocenters. The number of hydrogen-bond donors (Lipinski definition) is 2. The van der Waals surface area contributed by atoms with Crippen LogP contribution >= 0.6 is 11.3 Å². The lowest BCUT2D eigenvalue weighted by molar-refractivity contribution is -0.380. The lowest BCUT2D eigenvalue weighted by Gasteiger charge is -1.99. The molecule has 0 fully saturated rings. The van der Waals surface area contributed by atoms with E-state index in [9.17, 15) is 19.7 Å². The Hall–Kier alpha value is -2.68. The number of nitrogens with zero attached hydrogens (tertiary/aromatic N) is 1. The van der Waals surface area contributed by atoms with Gasteiger partial charge in [-0.2, -0.15) is 0 Å². The molecular formula is C12H10N2O6S. The topological polar surface area (TPSA) is 123 Å². The number of hydrogen-bond acceptors (Lipinski definition) is 6. The van der Waals surface area contributed by atoms with Crippen LogP contribution in [0.2, 0.25) is 0 Å². The number of amides is 1. The van der Waals surface area contributed by atoms with Crippen molar-refractivity contribution in [2.24, 2.45) is 0 Å². The van der Waals surface area contributed by atoms with E-state index >= 15 is 0 Å². The lowest BCUT2D eigenvalue weighted by Crippen LogP contribution is -2.21. The number of furan rings is 1. The summed E-state index contributed by atoms with van der Waals surface area (Å²) < 4.78 is 5.21. The fourth-order valence-corrected chi connectivity index (χ4v) is 2.38. The van der Waals surface area contributed by atoms with E-state index in [2.05, 4.69) is 5.32 Å². The van der Waals surface area contributed by atoms with Crippen LogP contribution in [0.4, 0.5) is 5.00 Å². The van der Waals surface area contributed by atoms with Crippen molar-refractivity contribution in [3.05, 3.63) is 50.3 Å². The first-order valence-electron chi connectivity index (χ1n) is 5.73. The van der Waals surface area contributed by atoms with E-state index in [0.717, 1.165) is 11.3 Å². The van der Waals surface area contributed by atoms with E-state index in [1.165, 1.54) is 25.1 Å². The Balaban J connectivity index is 2.02. The van der Waals surface area contributed by atoms with Crippen LogP contribution in [-0.2, 0) is 6.54 Å². The average molecular weight is 310 g/mol. The molecule has 110 valence electrons. The first-order valence-corrected chi connectivity index (χ1v) is 6.55. The Morgan fingerprint density at radius 1 is 1.48 bits per heavy atom. The smallest absolute Gasteiger partial charge is 0.339 e. The van der Waals surface area contributed by atoms with Gasteiger partial charge in [-0.15, -0.1) is 0 Å². The van der Waals surface area contributed by atoms with Gasteiger partial charge in [-0.25, -0.2) is 4.79 Å². The van der Waals surface area contributed by atoms with Gasteiger partial charge in [0.2, 0.25) is 0 Å². The Morgan fingerprint density at radius 2 is 2.19 bits per heavy atom. The van der Waals surface area contributed by atoms with Crippen LogP contribution in [0.1, 0.15) is 31.6 Å². The summed E-state index contributed by atoms with van der Waals surface area (Å²) >= 11 is 0.762. The number of nitrogens with one attached hydrogen (secondary N) is 1. The van der Waals surface area contributed by atoms with Crippen LogP contribution < -0.4 is 5.32 Å². The van der Waals surface area contributed by atoms with Crippen LogP contribution in [0.5, 0.6) is 0 Å². The highest BCUT2D eigenvalue weighted by atomic mass is 32.1. The maximum absolute atomic E-state index is 11.8. The minimum absolute atomic E-state index is 0.00134. The van der Waals surface area contributed by atoms with Crippen molar-refractivity contribution in [1.29, 1.82) is 0 Å². The summed E-state index contributed by atoms with van der Waals surface area (Å²) in [6.45, 7) is 1.51. The molecule has 0 aliphatic carbocycles. The number of carboxylic acid groups (broad SMARTS) is 1.